The number of rotatable bonds is 2. The summed E-state index contributed by atoms with van der Waals surface area (Å²) in [6.45, 7) is 3.52. The molecule has 0 radical (unpaired) electrons. The smallest absolute Gasteiger partial charge is 0.187 e. The van der Waals surface area contributed by atoms with E-state index in [2.05, 4.69) is 5.87 Å². The van der Waals surface area contributed by atoms with E-state index in [0.717, 1.165) is 29.5 Å². The summed E-state index contributed by atoms with van der Waals surface area (Å²) < 4.78 is 21.0. The van der Waals surface area contributed by atoms with Crippen LogP contribution in [0.15, 0.2) is 16.5 Å². The van der Waals surface area contributed by atoms with Gasteiger partial charge in [-0.15, -0.1) is 0 Å². The van der Waals surface area contributed by atoms with Crippen LogP contribution in [-0.4, -0.2) is 19.7 Å². The lowest BCUT2D eigenvalue weighted by Crippen LogP contribution is -2.18. The van der Waals surface area contributed by atoms with Gasteiger partial charge in [-0.2, -0.15) is 0 Å². The van der Waals surface area contributed by atoms with Gasteiger partial charge < -0.3 is 9.66 Å². The Morgan fingerprint density at radius 2 is 2.26 bits per heavy atom. The van der Waals surface area contributed by atoms with E-state index in [0.29, 0.717) is 16.9 Å². The summed E-state index contributed by atoms with van der Waals surface area (Å²) >= 11 is -2.11. The fraction of sp³-hybridized carbons (Fsp3) is 0.429. The van der Waals surface area contributed by atoms with Crippen molar-refractivity contribution < 1.29 is 13.9 Å². The molecule has 0 amide bonds. The van der Waals surface area contributed by atoms with Crippen molar-refractivity contribution in [2.75, 3.05) is 0 Å². The average Bonchev–Trinajstić information content (AvgIpc) is 2.38. The molecule has 2 rings (SSSR count). The van der Waals surface area contributed by atoms with E-state index >= 15 is 0 Å². The highest BCUT2D eigenvalue weighted by Gasteiger charge is 2.26. The lowest BCUT2D eigenvalue weighted by molar-refractivity contribution is 0.459. The van der Waals surface area contributed by atoms with Crippen molar-refractivity contribution in [1.29, 1.82) is 5.41 Å². The Balaban J connectivity index is 2.57. The first kappa shape index (κ1) is 14.0. The number of phenolic OH excluding ortho intramolecular Hbond substituents is 1. The van der Waals surface area contributed by atoms with Gasteiger partial charge in [-0.05, 0) is 67.7 Å². The summed E-state index contributed by atoms with van der Waals surface area (Å²) in [6, 6.07) is 1.70. The minimum absolute atomic E-state index is 0.0777. The van der Waals surface area contributed by atoms with Crippen LogP contribution in [0.2, 0.25) is 0 Å². The zero-order chi connectivity index (χ0) is 14.2. The molecule has 102 valence electrons. The summed E-state index contributed by atoms with van der Waals surface area (Å²) in [5.74, 6) is 2.69. The van der Waals surface area contributed by atoms with Crippen molar-refractivity contribution in [1.82, 2.24) is 0 Å². The predicted molar refractivity (Wildman–Crippen MR) is 74.3 cm³/mol. The van der Waals surface area contributed by atoms with Crippen LogP contribution < -0.4 is 0 Å². The van der Waals surface area contributed by atoms with E-state index in [4.69, 9.17) is 5.41 Å². The summed E-state index contributed by atoms with van der Waals surface area (Å²) in [4.78, 5) is 0.331. The van der Waals surface area contributed by atoms with Gasteiger partial charge in [-0.1, -0.05) is 0 Å². The minimum Gasteiger partial charge on any atom is -0.508 e. The van der Waals surface area contributed by atoms with Gasteiger partial charge in [-0.3, -0.25) is 5.41 Å². The number of allylic oxidation sites excluding steroid dienone is 1. The number of fused-ring (bicyclic) bond motifs is 1. The molecular formula is C14H17NO3S. The molecule has 0 fully saturated rings. The van der Waals surface area contributed by atoms with Crippen molar-refractivity contribution in [2.24, 2.45) is 5.92 Å². The first-order chi connectivity index (χ1) is 8.95. The van der Waals surface area contributed by atoms with Crippen LogP contribution >= 0.6 is 0 Å². The molecule has 0 spiro atoms. The lowest BCUT2D eigenvalue weighted by atomic mass is 9.80. The second-order valence-electron chi connectivity index (χ2n) is 4.98. The predicted octanol–water partition coefficient (Wildman–Crippen LogP) is 2.58. The van der Waals surface area contributed by atoms with Gasteiger partial charge in [0.25, 0.3) is 0 Å². The third-order valence-electron chi connectivity index (χ3n) is 3.89. The maximum absolute atomic E-state index is 11.5. The van der Waals surface area contributed by atoms with Crippen molar-refractivity contribution in [3.8, 4) is 5.75 Å². The van der Waals surface area contributed by atoms with Gasteiger partial charge in [0.1, 0.15) is 5.75 Å². The molecular weight excluding hydrogens is 262 g/mol. The average molecular weight is 279 g/mol. The zero-order valence-corrected chi connectivity index (χ0v) is 11.8. The number of phenols is 1. The van der Waals surface area contributed by atoms with E-state index in [1.54, 1.807) is 13.0 Å². The SMILES string of the molecule is CC(=C=N)C1CCc2cc(O)c(C)c(S(=O)O)c2C1. The van der Waals surface area contributed by atoms with Crippen molar-refractivity contribution in [3.63, 3.8) is 0 Å². The Labute approximate surface area is 115 Å². The van der Waals surface area contributed by atoms with Crippen LogP contribution in [0.5, 0.6) is 5.75 Å². The third-order valence-corrected chi connectivity index (χ3v) is 4.80. The normalized spacial score (nSPS) is 19.4. The van der Waals surface area contributed by atoms with E-state index in [9.17, 15) is 13.9 Å². The largest absolute Gasteiger partial charge is 0.508 e. The van der Waals surface area contributed by atoms with Gasteiger partial charge >= 0.3 is 0 Å². The second kappa shape index (κ2) is 5.29. The number of nitrogens with one attached hydrogen (secondary N) is 1. The molecule has 3 N–H and O–H groups in total. The quantitative estimate of drug-likeness (QED) is 0.575. The van der Waals surface area contributed by atoms with Crippen LogP contribution in [0.1, 0.15) is 30.0 Å². The summed E-state index contributed by atoms with van der Waals surface area (Å²) in [6.07, 6.45) is 2.26. The van der Waals surface area contributed by atoms with E-state index in [1.807, 2.05) is 6.92 Å². The molecule has 0 heterocycles. The highest BCUT2D eigenvalue weighted by Crippen LogP contribution is 2.37. The molecule has 0 saturated carbocycles. The number of hydrogen-bond acceptors (Lipinski definition) is 3. The molecule has 0 aliphatic heterocycles. The molecule has 1 aromatic carbocycles. The first-order valence-corrected chi connectivity index (χ1v) is 7.27. The minimum atomic E-state index is -2.11. The van der Waals surface area contributed by atoms with Crippen LogP contribution in [0.4, 0.5) is 0 Å². The van der Waals surface area contributed by atoms with Gasteiger partial charge in [-0.25, -0.2) is 4.21 Å². The summed E-state index contributed by atoms with van der Waals surface area (Å²) in [5, 5.41) is 17.0. The van der Waals surface area contributed by atoms with Gasteiger partial charge in [0, 0.05) is 5.56 Å². The molecule has 19 heavy (non-hydrogen) atoms. The Morgan fingerprint density at radius 1 is 1.58 bits per heavy atom. The Bertz CT molecular complexity index is 603. The molecule has 5 heteroatoms. The fourth-order valence-corrected chi connectivity index (χ4v) is 3.47. The van der Waals surface area contributed by atoms with Gasteiger partial charge in [0.15, 0.2) is 11.1 Å². The lowest BCUT2D eigenvalue weighted by Gasteiger charge is -2.26. The molecule has 2 unspecified atom stereocenters. The first-order valence-electron chi connectivity index (χ1n) is 6.17. The van der Waals surface area contributed by atoms with E-state index in [1.165, 1.54) is 0 Å². The molecule has 0 aromatic heterocycles. The Kier molecular flexibility index (Phi) is 3.90. The van der Waals surface area contributed by atoms with E-state index < -0.39 is 11.1 Å². The maximum atomic E-state index is 11.5. The van der Waals surface area contributed by atoms with Crippen molar-refractivity contribution in [2.45, 2.75) is 38.0 Å². The van der Waals surface area contributed by atoms with Crippen LogP contribution in [0.25, 0.3) is 0 Å². The van der Waals surface area contributed by atoms with Crippen molar-refractivity contribution >= 4 is 17.0 Å². The fourth-order valence-electron chi connectivity index (χ4n) is 2.68. The van der Waals surface area contributed by atoms with Gasteiger partial charge in [0.05, 0.1) is 4.90 Å². The van der Waals surface area contributed by atoms with Crippen LogP contribution in [0, 0.1) is 18.3 Å². The monoisotopic (exact) mass is 279 g/mol. The van der Waals surface area contributed by atoms with Crippen LogP contribution in [-0.2, 0) is 23.9 Å². The molecule has 1 aromatic rings. The van der Waals surface area contributed by atoms with Gasteiger partial charge in [0.2, 0.25) is 0 Å². The second-order valence-corrected chi connectivity index (χ2v) is 5.89. The maximum Gasteiger partial charge on any atom is 0.187 e. The standard InChI is InChI=1S/C14H17NO3S/c1-8(7-15)10-3-4-11-6-13(16)9(2)14(19(17)18)12(11)5-10/h6,10,15-16H,3-5H2,1-2H3,(H,17,18). The number of aryl methyl sites for hydroxylation is 1. The number of aromatic hydroxyl groups is 1. The molecule has 2 atom stereocenters. The Hall–Kier alpha value is -1.42. The topological polar surface area (TPSA) is 81.4 Å². The Morgan fingerprint density at radius 3 is 2.84 bits per heavy atom. The zero-order valence-electron chi connectivity index (χ0n) is 11.0. The number of hydrogen-bond donors (Lipinski definition) is 3. The highest BCUT2D eigenvalue weighted by molar-refractivity contribution is 7.79. The molecule has 1 aliphatic carbocycles. The van der Waals surface area contributed by atoms with Crippen molar-refractivity contribution in [3.05, 3.63) is 28.3 Å². The molecule has 4 nitrogen and oxygen atoms in total. The number of benzene rings is 1. The van der Waals surface area contributed by atoms with E-state index in [-0.39, 0.29) is 11.7 Å². The summed E-state index contributed by atoms with van der Waals surface area (Å²) in [5.41, 5.74) is 3.12. The summed E-state index contributed by atoms with van der Waals surface area (Å²) in [7, 11) is 0. The molecule has 0 bridgehead atoms. The highest BCUT2D eigenvalue weighted by atomic mass is 32.2. The third kappa shape index (κ3) is 2.50. The molecule has 1 aliphatic rings. The molecule has 0 saturated heterocycles. The van der Waals surface area contributed by atoms with Crippen LogP contribution in [0.3, 0.4) is 0 Å².